The number of amides is 1. The normalized spacial score (nSPS) is 17.1. The largest absolute Gasteiger partial charge is 0.496 e. The molecule has 0 N–H and O–H groups in total. The van der Waals surface area contributed by atoms with Crippen molar-refractivity contribution >= 4 is 17.7 Å². The van der Waals surface area contributed by atoms with E-state index >= 15 is 0 Å². The highest BCUT2D eigenvalue weighted by molar-refractivity contribution is 8.00. The van der Waals surface area contributed by atoms with Gasteiger partial charge in [-0.2, -0.15) is 13.2 Å². The fourth-order valence-electron chi connectivity index (χ4n) is 3.07. The van der Waals surface area contributed by atoms with E-state index in [0.29, 0.717) is 23.1 Å². The fraction of sp³-hybridized carbons (Fsp3) is 0.316. The molecule has 9 heteroatoms. The van der Waals surface area contributed by atoms with E-state index in [9.17, 15) is 22.4 Å². The first-order valence-electron chi connectivity index (χ1n) is 8.24. The summed E-state index contributed by atoms with van der Waals surface area (Å²) in [7, 11) is 2.98. The first-order valence-corrected chi connectivity index (χ1v) is 9.28. The number of hydrogen-bond acceptors (Lipinski definition) is 4. The van der Waals surface area contributed by atoms with Crippen LogP contribution in [0.5, 0.6) is 11.5 Å². The number of nitrogens with zero attached hydrogens (tertiary/aromatic N) is 1. The SMILES string of the molecule is COc1cccc(OC)c1CN1C(=O)CSC1c1ccc(C(F)(F)F)c(F)c1. The van der Waals surface area contributed by atoms with Crippen LogP contribution >= 0.6 is 11.8 Å². The molecule has 150 valence electrons. The van der Waals surface area contributed by atoms with Crippen molar-refractivity contribution in [1.29, 1.82) is 0 Å². The van der Waals surface area contributed by atoms with E-state index in [4.69, 9.17) is 9.47 Å². The number of ether oxygens (including phenoxy) is 2. The summed E-state index contributed by atoms with van der Waals surface area (Å²) in [5.74, 6) is -0.393. The van der Waals surface area contributed by atoms with Gasteiger partial charge in [0.1, 0.15) is 22.7 Å². The molecule has 1 aliphatic heterocycles. The molecule has 28 heavy (non-hydrogen) atoms. The van der Waals surface area contributed by atoms with Gasteiger partial charge < -0.3 is 14.4 Å². The molecule has 0 spiro atoms. The van der Waals surface area contributed by atoms with E-state index in [1.54, 1.807) is 18.2 Å². The number of rotatable bonds is 5. The number of carbonyl (C=O) groups excluding carboxylic acids is 1. The van der Waals surface area contributed by atoms with Gasteiger partial charge in [-0.1, -0.05) is 12.1 Å². The standard InChI is InChI=1S/C19H17F4NO3S/c1-26-15-4-3-5-16(27-2)12(15)9-24-17(25)10-28-18(24)11-6-7-13(14(20)8-11)19(21,22)23/h3-8,18H,9-10H2,1-2H3. The number of carbonyl (C=O) groups is 1. The summed E-state index contributed by atoms with van der Waals surface area (Å²) in [6, 6.07) is 7.93. The van der Waals surface area contributed by atoms with Crippen molar-refractivity contribution in [2.24, 2.45) is 0 Å². The van der Waals surface area contributed by atoms with Crippen LogP contribution in [0.15, 0.2) is 36.4 Å². The quantitative estimate of drug-likeness (QED) is 0.668. The van der Waals surface area contributed by atoms with E-state index in [1.807, 2.05) is 0 Å². The Bertz CT molecular complexity index is 866. The van der Waals surface area contributed by atoms with Crippen LogP contribution in [0.25, 0.3) is 0 Å². The van der Waals surface area contributed by atoms with E-state index in [1.165, 1.54) is 36.9 Å². The van der Waals surface area contributed by atoms with Crippen LogP contribution in [-0.2, 0) is 17.5 Å². The van der Waals surface area contributed by atoms with Gasteiger partial charge in [0, 0.05) is 0 Å². The second kappa shape index (κ2) is 7.90. The van der Waals surface area contributed by atoms with Gasteiger partial charge in [0.25, 0.3) is 0 Å². The van der Waals surface area contributed by atoms with Crippen molar-refractivity contribution in [1.82, 2.24) is 4.90 Å². The molecule has 1 saturated heterocycles. The molecule has 2 aromatic rings. The van der Waals surface area contributed by atoms with Gasteiger partial charge in [-0.15, -0.1) is 11.8 Å². The highest BCUT2D eigenvalue weighted by Crippen LogP contribution is 2.43. The molecule has 0 aliphatic carbocycles. The Labute approximate surface area is 163 Å². The maximum absolute atomic E-state index is 14.0. The number of benzene rings is 2. The number of hydrogen-bond donors (Lipinski definition) is 0. The highest BCUT2D eigenvalue weighted by Gasteiger charge is 2.37. The first-order chi connectivity index (χ1) is 13.3. The van der Waals surface area contributed by atoms with Gasteiger partial charge in [-0.05, 0) is 29.8 Å². The third kappa shape index (κ3) is 3.89. The molecule has 0 bridgehead atoms. The molecule has 1 atom stereocenters. The average Bonchev–Trinajstić information content (AvgIpc) is 3.01. The topological polar surface area (TPSA) is 38.8 Å². The van der Waals surface area contributed by atoms with E-state index < -0.39 is 22.9 Å². The monoisotopic (exact) mass is 415 g/mol. The zero-order valence-electron chi connectivity index (χ0n) is 15.0. The van der Waals surface area contributed by atoms with Crippen LogP contribution < -0.4 is 9.47 Å². The van der Waals surface area contributed by atoms with Crippen molar-refractivity contribution in [3.8, 4) is 11.5 Å². The van der Waals surface area contributed by atoms with E-state index in [0.717, 1.165) is 6.07 Å². The first kappa shape index (κ1) is 20.3. The summed E-state index contributed by atoms with van der Waals surface area (Å²) in [5, 5.41) is -0.612. The summed E-state index contributed by atoms with van der Waals surface area (Å²) < 4.78 is 63.1. The summed E-state index contributed by atoms with van der Waals surface area (Å²) in [4.78, 5) is 13.9. The summed E-state index contributed by atoms with van der Waals surface area (Å²) >= 11 is 1.23. The summed E-state index contributed by atoms with van der Waals surface area (Å²) in [6.45, 7) is 0.117. The van der Waals surface area contributed by atoms with Crippen LogP contribution in [0.1, 0.15) is 22.1 Å². The second-order valence-corrected chi connectivity index (χ2v) is 7.13. The lowest BCUT2D eigenvalue weighted by molar-refractivity contribution is -0.140. The lowest BCUT2D eigenvalue weighted by Gasteiger charge is -2.26. The number of methoxy groups -OCH3 is 2. The lowest BCUT2D eigenvalue weighted by atomic mass is 10.1. The van der Waals surface area contributed by atoms with Crippen LogP contribution in [0.4, 0.5) is 17.6 Å². The molecule has 1 fully saturated rings. The molecule has 1 unspecified atom stereocenters. The van der Waals surface area contributed by atoms with Crippen LogP contribution in [0.2, 0.25) is 0 Å². The van der Waals surface area contributed by atoms with Crippen molar-refractivity contribution in [2.45, 2.75) is 18.1 Å². The number of halogens is 4. The molecule has 4 nitrogen and oxygen atoms in total. The minimum Gasteiger partial charge on any atom is -0.496 e. The second-order valence-electron chi connectivity index (χ2n) is 6.06. The Hall–Kier alpha value is -2.42. The third-order valence-electron chi connectivity index (χ3n) is 4.41. The Morgan fingerprint density at radius 2 is 1.79 bits per heavy atom. The number of alkyl halides is 3. The summed E-state index contributed by atoms with van der Waals surface area (Å²) in [6.07, 6.45) is -4.77. The predicted octanol–water partition coefficient (Wildman–Crippen LogP) is 4.64. The highest BCUT2D eigenvalue weighted by atomic mass is 32.2. The zero-order valence-corrected chi connectivity index (χ0v) is 15.9. The molecule has 1 heterocycles. The molecule has 0 aromatic heterocycles. The average molecular weight is 415 g/mol. The van der Waals surface area contributed by atoms with Crippen molar-refractivity contribution in [3.63, 3.8) is 0 Å². The van der Waals surface area contributed by atoms with Crippen molar-refractivity contribution in [2.75, 3.05) is 20.0 Å². The van der Waals surface area contributed by atoms with Gasteiger partial charge >= 0.3 is 6.18 Å². The lowest BCUT2D eigenvalue weighted by Crippen LogP contribution is -2.28. The third-order valence-corrected chi connectivity index (χ3v) is 5.67. The minimum atomic E-state index is -4.77. The fourth-order valence-corrected chi connectivity index (χ4v) is 4.25. The Morgan fingerprint density at radius 1 is 1.14 bits per heavy atom. The van der Waals surface area contributed by atoms with Crippen molar-refractivity contribution < 1.29 is 31.8 Å². The molecule has 0 saturated carbocycles. The Kier molecular flexibility index (Phi) is 5.74. The zero-order chi connectivity index (χ0) is 20.5. The smallest absolute Gasteiger partial charge is 0.419 e. The maximum Gasteiger partial charge on any atom is 0.419 e. The van der Waals surface area contributed by atoms with Gasteiger partial charge in [-0.3, -0.25) is 4.79 Å². The Morgan fingerprint density at radius 3 is 2.32 bits per heavy atom. The van der Waals surface area contributed by atoms with Gasteiger partial charge in [0.2, 0.25) is 5.91 Å². The molecule has 2 aromatic carbocycles. The minimum absolute atomic E-state index is 0.117. The molecule has 1 aliphatic rings. The van der Waals surface area contributed by atoms with E-state index in [-0.39, 0.29) is 23.8 Å². The Balaban J connectivity index is 1.94. The predicted molar refractivity (Wildman–Crippen MR) is 96.7 cm³/mol. The molecule has 0 radical (unpaired) electrons. The summed E-state index contributed by atoms with van der Waals surface area (Å²) in [5.41, 5.74) is -0.417. The molecular formula is C19H17F4NO3S. The van der Waals surface area contributed by atoms with Gasteiger partial charge in [-0.25, -0.2) is 4.39 Å². The number of thioether (sulfide) groups is 1. The van der Waals surface area contributed by atoms with Crippen LogP contribution in [-0.4, -0.2) is 30.8 Å². The van der Waals surface area contributed by atoms with Gasteiger partial charge in [0.05, 0.1) is 37.6 Å². The molecular weight excluding hydrogens is 398 g/mol. The van der Waals surface area contributed by atoms with E-state index in [2.05, 4.69) is 0 Å². The molecule has 1 amide bonds. The molecule has 3 rings (SSSR count). The van der Waals surface area contributed by atoms with Crippen LogP contribution in [0.3, 0.4) is 0 Å². The van der Waals surface area contributed by atoms with Gasteiger partial charge in [0.15, 0.2) is 0 Å². The van der Waals surface area contributed by atoms with Crippen molar-refractivity contribution in [3.05, 3.63) is 58.9 Å². The maximum atomic E-state index is 14.0. The van der Waals surface area contributed by atoms with Crippen LogP contribution in [0, 0.1) is 5.82 Å².